The molecule has 0 saturated heterocycles. The Kier molecular flexibility index (Phi) is 4.95. The largest absolute Gasteiger partial charge is 0.310 e. The van der Waals surface area contributed by atoms with Crippen LogP contribution in [0.4, 0.5) is 0 Å². The number of hydrogen-bond donors (Lipinski definition) is 1. The Morgan fingerprint density at radius 3 is 2.80 bits per heavy atom. The van der Waals surface area contributed by atoms with Crippen molar-refractivity contribution in [3.63, 3.8) is 0 Å². The molecule has 1 atom stereocenters. The minimum Gasteiger partial charge on any atom is -0.310 e. The van der Waals surface area contributed by atoms with E-state index in [0.29, 0.717) is 6.04 Å². The fraction of sp³-hybridized carbons (Fsp3) is 0.647. The molecule has 1 aliphatic carbocycles. The summed E-state index contributed by atoms with van der Waals surface area (Å²) in [6.45, 7) is 3.56. The van der Waals surface area contributed by atoms with E-state index in [4.69, 9.17) is 11.6 Å². The molecule has 1 fully saturated rings. The Balaban J connectivity index is 1.60. The summed E-state index contributed by atoms with van der Waals surface area (Å²) in [5, 5.41) is 4.68. The lowest BCUT2D eigenvalue weighted by Gasteiger charge is -2.31. The van der Waals surface area contributed by atoms with Crippen LogP contribution < -0.4 is 5.32 Å². The summed E-state index contributed by atoms with van der Waals surface area (Å²) < 4.78 is 0. The van der Waals surface area contributed by atoms with Crippen LogP contribution in [0.3, 0.4) is 0 Å². The van der Waals surface area contributed by atoms with Gasteiger partial charge in [0.1, 0.15) is 0 Å². The van der Waals surface area contributed by atoms with E-state index in [1.54, 1.807) is 0 Å². The third-order valence-corrected chi connectivity index (χ3v) is 6.16. The van der Waals surface area contributed by atoms with Gasteiger partial charge in [0.25, 0.3) is 0 Å². The number of rotatable bonds is 3. The molecular weight excluding hydrogens is 286 g/mol. The van der Waals surface area contributed by atoms with Crippen LogP contribution >= 0.6 is 23.4 Å². The van der Waals surface area contributed by atoms with Gasteiger partial charge in [-0.15, -0.1) is 11.8 Å². The number of benzene rings is 1. The zero-order valence-corrected chi connectivity index (χ0v) is 13.8. The number of halogens is 1. The second-order valence-electron chi connectivity index (χ2n) is 6.41. The summed E-state index contributed by atoms with van der Waals surface area (Å²) in [5.41, 5.74) is 1.41. The lowest BCUT2D eigenvalue weighted by Crippen LogP contribution is -2.31. The third kappa shape index (κ3) is 3.52. The summed E-state index contributed by atoms with van der Waals surface area (Å²) in [6, 6.07) is 6.85. The van der Waals surface area contributed by atoms with E-state index in [1.165, 1.54) is 54.9 Å². The molecule has 0 aromatic heterocycles. The summed E-state index contributed by atoms with van der Waals surface area (Å²) in [5.74, 6) is 3.04. The maximum atomic E-state index is 6.17. The number of thioether (sulfide) groups is 1. The highest BCUT2D eigenvalue weighted by Crippen LogP contribution is 2.38. The van der Waals surface area contributed by atoms with E-state index >= 15 is 0 Å². The first kappa shape index (κ1) is 14.7. The maximum absolute atomic E-state index is 6.17. The van der Waals surface area contributed by atoms with Crippen LogP contribution in [0.5, 0.6) is 0 Å². The van der Waals surface area contributed by atoms with Gasteiger partial charge in [-0.25, -0.2) is 0 Å². The van der Waals surface area contributed by atoms with Gasteiger partial charge in [0.05, 0.1) is 0 Å². The minimum atomic E-state index is 0.504. The van der Waals surface area contributed by atoms with Gasteiger partial charge in [-0.05, 0) is 67.2 Å². The molecule has 3 rings (SSSR count). The molecule has 0 bridgehead atoms. The van der Waals surface area contributed by atoms with Crippen LogP contribution in [0, 0.1) is 11.8 Å². The van der Waals surface area contributed by atoms with Crippen molar-refractivity contribution in [2.24, 2.45) is 11.8 Å². The molecule has 1 aromatic rings. The second kappa shape index (κ2) is 6.72. The first-order valence-corrected chi connectivity index (χ1v) is 9.24. The first-order chi connectivity index (χ1) is 9.72. The molecule has 0 radical (unpaired) electrons. The first-order valence-electron chi connectivity index (χ1n) is 7.88. The Hall–Kier alpha value is -0.180. The standard InChI is InChI=1S/C17H24ClNS/c1-12-2-4-13(5-3-12)11-19-16-8-9-20-17-7-6-14(18)10-15(16)17/h6-7,10,12-13,16,19H,2-5,8-9,11H2,1H3. The zero-order chi connectivity index (χ0) is 13.9. The Bertz CT molecular complexity index is 454. The van der Waals surface area contributed by atoms with E-state index in [2.05, 4.69) is 24.4 Å². The van der Waals surface area contributed by atoms with Crippen LogP contribution in [0.15, 0.2) is 23.1 Å². The van der Waals surface area contributed by atoms with Crippen molar-refractivity contribution in [1.29, 1.82) is 0 Å². The Morgan fingerprint density at radius 2 is 2.00 bits per heavy atom. The fourth-order valence-electron chi connectivity index (χ4n) is 3.42. The SMILES string of the molecule is CC1CCC(CNC2CCSc3ccc(Cl)cc32)CC1. The van der Waals surface area contributed by atoms with E-state index in [9.17, 15) is 0 Å². The molecule has 0 amide bonds. The van der Waals surface area contributed by atoms with Gasteiger partial charge in [-0.3, -0.25) is 0 Å². The van der Waals surface area contributed by atoms with Crippen molar-refractivity contribution >= 4 is 23.4 Å². The molecule has 1 N–H and O–H groups in total. The molecule has 2 aliphatic rings. The molecular formula is C17H24ClNS. The highest BCUT2D eigenvalue weighted by atomic mass is 35.5. The highest BCUT2D eigenvalue weighted by Gasteiger charge is 2.23. The molecule has 1 aromatic carbocycles. The highest BCUT2D eigenvalue weighted by molar-refractivity contribution is 7.99. The van der Waals surface area contributed by atoms with Gasteiger partial charge in [0.15, 0.2) is 0 Å². The minimum absolute atomic E-state index is 0.504. The van der Waals surface area contributed by atoms with Crippen molar-refractivity contribution in [2.45, 2.75) is 50.0 Å². The molecule has 110 valence electrons. The third-order valence-electron chi connectivity index (χ3n) is 4.80. The summed E-state index contributed by atoms with van der Waals surface area (Å²) >= 11 is 8.13. The number of hydrogen-bond acceptors (Lipinski definition) is 2. The maximum Gasteiger partial charge on any atom is 0.0410 e. The van der Waals surface area contributed by atoms with Crippen molar-refractivity contribution in [3.05, 3.63) is 28.8 Å². The summed E-state index contributed by atoms with van der Waals surface area (Å²) in [6.07, 6.45) is 6.85. The Labute approximate surface area is 131 Å². The molecule has 0 spiro atoms. The molecule has 1 aliphatic heterocycles. The van der Waals surface area contributed by atoms with Crippen LogP contribution in [-0.4, -0.2) is 12.3 Å². The van der Waals surface area contributed by atoms with Gasteiger partial charge in [-0.1, -0.05) is 31.4 Å². The van der Waals surface area contributed by atoms with E-state index in [-0.39, 0.29) is 0 Å². The van der Waals surface area contributed by atoms with Gasteiger partial charge >= 0.3 is 0 Å². The summed E-state index contributed by atoms with van der Waals surface area (Å²) in [4.78, 5) is 1.41. The average molecular weight is 310 g/mol. The molecule has 20 heavy (non-hydrogen) atoms. The van der Waals surface area contributed by atoms with Crippen LogP contribution in [0.2, 0.25) is 5.02 Å². The smallest absolute Gasteiger partial charge is 0.0410 e. The second-order valence-corrected chi connectivity index (χ2v) is 7.98. The van der Waals surface area contributed by atoms with Gasteiger partial charge in [0.2, 0.25) is 0 Å². The molecule has 1 heterocycles. The monoisotopic (exact) mass is 309 g/mol. The van der Waals surface area contributed by atoms with Gasteiger partial charge < -0.3 is 5.32 Å². The van der Waals surface area contributed by atoms with Crippen molar-refractivity contribution in [3.8, 4) is 0 Å². The van der Waals surface area contributed by atoms with E-state index in [1.807, 2.05) is 17.8 Å². The van der Waals surface area contributed by atoms with E-state index < -0.39 is 0 Å². The predicted molar refractivity (Wildman–Crippen MR) is 88.7 cm³/mol. The summed E-state index contributed by atoms with van der Waals surface area (Å²) in [7, 11) is 0. The average Bonchev–Trinajstić information content (AvgIpc) is 2.47. The lowest BCUT2D eigenvalue weighted by molar-refractivity contribution is 0.273. The predicted octanol–water partition coefficient (Wildman–Crippen LogP) is 5.29. The molecule has 3 heteroatoms. The zero-order valence-electron chi connectivity index (χ0n) is 12.2. The van der Waals surface area contributed by atoms with E-state index in [0.717, 1.165) is 16.9 Å². The normalized spacial score (nSPS) is 30.0. The Morgan fingerprint density at radius 1 is 1.20 bits per heavy atom. The molecule has 1 saturated carbocycles. The lowest BCUT2D eigenvalue weighted by atomic mass is 9.83. The van der Waals surface area contributed by atoms with Crippen molar-refractivity contribution in [2.75, 3.05) is 12.3 Å². The topological polar surface area (TPSA) is 12.0 Å². The van der Waals surface area contributed by atoms with Crippen LogP contribution in [-0.2, 0) is 0 Å². The van der Waals surface area contributed by atoms with Crippen molar-refractivity contribution in [1.82, 2.24) is 5.32 Å². The number of fused-ring (bicyclic) bond motifs is 1. The quantitative estimate of drug-likeness (QED) is 0.814. The fourth-order valence-corrected chi connectivity index (χ4v) is 4.71. The molecule has 1 nitrogen and oxygen atoms in total. The van der Waals surface area contributed by atoms with Crippen molar-refractivity contribution < 1.29 is 0 Å². The van der Waals surface area contributed by atoms with Gasteiger partial charge in [0, 0.05) is 16.0 Å². The molecule has 1 unspecified atom stereocenters. The number of nitrogens with one attached hydrogen (secondary N) is 1. The van der Waals surface area contributed by atoms with Crippen LogP contribution in [0.25, 0.3) is 0 Å². The van der Waals surface area contributed by atoms with Crippen LogP contribution in [0.1, 0.15) is 50.6 Å². The van der Waals surface area contributed by atoms with Gasteiger partial charge in [-0.2, -0.15) is 0 Å².